The number of fused-ring (bicyclic) bond motifs is 4. The summed E-state index contributed by atoms with van der Waals surface area (Å²) < 4.78 is -2.86. The molecule has 6 atom stereocenters. The SMILES string of the molecule is CC(=O)N[C@@H](CS[C@]12C(=O)c3c(O)cccc3C(=O)[C@@]1(O)[C@@]1(O)C(=O)C=C(C)C[C@@]1(O)C[C@H]2O)C(=O)O. The fraction of sp³-hybridized carbons (Fsp3) is 0.458. The minimum absolute atomic E-state index is 0.233. The van der Waals surface area contributed by atoms with Gasteiger partial charge in [-0.1, -0.05) is 17.7 Å². The Hall–Kier alpha value is -3.10. The number of nitrogens with one attached hydrogen (secondary N) is 1. The van der Waals surface area contributed by atoms with Gasteiger partial charge >= 0.3 is 5.97 Å². The molecule has 37 heavy (non-hydrogen) atoms. The third kappa shape index (κ3) is 3.28. The van der Waals surface area contributed by atoms with Crippen LogP contribution in [-0.2, 0) is 14.4 Å². The molecule has 7 N–H and O–H groups in total. The number of rotatable bonds is 5. The molecule has 0 heterocycles. The van der Waals surface area contributed by atoms with Crippen LogP contribution in [0.4, 0.5) is 0 Å². The number of hydrogen-bond acceptors (Lipinski definition) is 11. The Kier molecular flexibility index (Phi) is 6.16. The third-order valence-electron chi connectivity index (χ3n) is 7.37. The smallest absolute Gasteiger partial charge is 0.327 e. The van der Waals surface area contributed by atoms with Gasteiger partial charge in [0.05, 0.1) is 11.7 Å². The van der Waals surface area contributed by atoms with Crippen molar-refractivity contribution < 1.29 is 54.6 Å². The predicted molar refractivity (Wildman–Crippen MR) is 126 cm³/mol. The van der Waals surface area contributed by atoms with Crippen molar-refractivity contribution in [3.05, 3.63) is 41.0 Å². The number of aliphatic carboxylic acids is 1. The van der Waals surface area contributed by atoms with Gasteiger partial charge in [-0.3, -0.25) is 19.2 Å². The summed E-state index contributed by atoms with van der Waals surface area (Å²) in [5.41, 5.74) is -10.3. The predicted octanol–water partition coefficient (Wildman–Crippen LogP) is -1.29. The monoisotopic (exact) mass is 535 g/mol. The average Bonchev–Trinajstić information content (AvgIpc) is 2.78. The number of ketones is 3. The van der Waals surface area contributed by atoms with Crippen LogP contribution in [0.1, 0.15) is 47.4 Å². The van der Waals surface area contributed by atoms with Gasteiger partial charge in [0.15, 0.2) is 22.8 Å². The maximum absolute atomic E-state index is 14.0. The number of aromatic hydroxyl groups is 1. The van der Waals surface area contributed by atoms with Crippen LogP contribution < -0.4 is 5.32 Å². The molecule has 0 saturated heterocycles. The highest BCUT2D eigenvalue weighted by atomic mass is 32.2. The summed E-state index contributed by atoms with van der Waals surface area (Å²) in [5, 5.41) is 69.0. The van der Waals surface area contributed by atoms with Gasteiger partial charge in [0.1, 0.15) is 22.1 Å². The Morgan fingerprint density at radius 1 is 1.14 bits per heavy atom. The number of carbonyl (C=O) groups is 5. The zero-order valence-corrected chi connectivity index (χ0v) is 20.5. The first-order valence-electron chi connectivity index (χ1n) is 11.2. The minimum atomic E-state index is -3.51. The quantitative estimate of drug-likeness (QED) is 0.234. The van der Waals surface area contributed by atoms with E-state index >= 15 is 0 Å². The van der Waals surface area contributed by atoms with Gasteiger partial charge in [0.25, 0.3) is 0 Å². The van der Waals surface area contributed by atoms with Crippen molar-refractivity contribution in [3.8, 4) is 5.75 Å². The van der Waals surface area contributed by atoms with Crippen LogP contribution in [0, 0.1) is 0 Å². The minimum Gasteiger partial charge on any atom is -0.507 e. The molecule has 1 aromatic rings. The van der Waals surface area contributed by atoms with E-state index < -0.39 is 98.4 Å². The fourth-order valence-corrected chi connectivity index (χ4v) is 7.42. The number of hydrogen-bond donors (Lipinski definition) is 7. The van der Waals surface area contributed by atoms with Crippen molar-refractivity contribution in [2.24, 2.45) is 0 Å². The first kappa shape index (κ1) is 26.9. The van der Waals surface area contributed by atoms with E-state index in [1.807, 2.05) is 0 Å². The molecule has 1 fully saturated rings. The van der Waals surface area contributed by atoms with E-state index in [1.165, 1.54) is 13.0 Å². The van der Waals surface area contributed by atoms with Crippen LogP contribution in [0.2, 0.25) is 0 Å². The van der Waals surface area contributed by atoms with E-state index in [0.717, 1.165) is 25.1 Å². The standard InChI is InChI=1S/C24H25NO11S/c1-10-6-15(28)23(35)21(34,7-10)8-16(29)22(37-9-13(20(32)33)25-11(2)26)19(31)17-12(4-3-5-14(17)27)18(30)24(22,23)36/h3-6,13,16,27,29,34-36H,7-9H2,1-2H3,(H,25,26)(H,32,33)/t13-,16+,21+,22+,23+,24-/m0/s1. The molecule has 3 aliphatic rings. The highest BCUT2D eigenvalue weighted by Crippen LogP contribution is 2.62. The lowest BCUT2D eigenvalue weighted by Crippen LogP contribution is -2.89. The second-order valence-electron chi connectivity index (χ2n) is 9.70. The number of phenolic OH excluding ortho intramolecular Hbond substituents is 1. The largest absolute Gasteiger partial charge is 0.507 e. The lowest BCUT2D eigenvalue weighted by molar-refractivity contribution is -0.260. The van der Waals surface area contributed by atoms with E-state index in [9.17, 15) is 54.6 Å². The van der Waals surface area contributed by atoms with E-state index in [4.69, 9.17) is 0 Å². The van der Waals surface area contributed by atoms with Crippen LogP contribution in [0.5, 0.6) is 5.75 Å². The van der Waals surface area contributed by atoms with Crippen molar-refractivity contribution in [1.29, 1.82) is 0 Å². The lowest BCUT2D eigenvalue weighted by Gasteiger charge is -2.64. The first-order chi connectivity index (χ1) is 17.1. The number of phenols is 1. The summed E-state index contributed by atoms with van der Waals surface area (Å²) in [4.78, 5) is 64.6. The second-order valence-corrected chi connectivity index (χ2v) is 11.0. The third-order valence-corrected chi connectivity index (χ3v) is 9.08. The zero-order valence-electron chi connectivity index (χ0n) is 19.7. The summed E-state index contributed by atoms with van der Waals surface area (Å²) in [6, 6.07) is 1.64. The Bertz CT molecular complexity index is 1290. The highest BCUT2D eigenvalue weighted by Gasteiger charge is 2.85. The molecule has 1 saturated carbocycles. The Morgan fingerprint density at radius 3 is 2.38 bits per heavy atom. The molecule has 0 aliphatic heterocycles. The van der Waals surface area contributed by atoms with E-state index in [0.29, 0.717) is 0 Å². The second kappa shape index (κ2) is 8.46. The number of Topliss-reactive ketones (excluding diaryl/α,β-unsaturated/α-hetero) is 2. The van der Waals surface area contributed by atoms with Crippen LogP contribution in [0.25, 0.3) is 0 Å². The summed E-state index contributed by atoms with van der Waals surface area (Å²) in [6.07, 6.45) is -2.52. The van der Waals surface area contributed by atoms with Crippen molar-refractivity contribution >= 4 is 41.0 Å². The maximum atomic E-state index is 14.0. The van der Waals surface area contributed by atoms with Gasteiger partial charge in [-0.25, -0.2) is 4.79 Å². The van der Waals surface area contributed by atoms with Gasteiger partial charge in [-0.15, -0.1) is 11.8 Å². The average molecular weight is 536 g/mol. The Morgan fingerprint density at radius 2 is 1.78 bits per heavy atom. The zero-order chi connectivity index (χ0) is 27.7. The van der Waals surface area contributed by atoms with Gasteiger partial charge in [0.2, 0.25) is 11.7 Å². The molecule has 0 radical (unpaired) electrons. The van der Waals surface area contributed by atoms with Crippen LogP contribution >= 0.6 is 11.8 Å². The summed E-state index contributed by atoms with van der Waals surface area (Å²) in [7, 11) is 0. The molecule has 0 bridgehead atoms. The van der Waals surface area contributed by atoms with Crippen LogP contribution in [-0.4, -0.2) is 99.3 Å². The molecular weight excluding hydrogens is 510 g/mol. The molecular formula is C24H25NO11S. The molecule has 13 heteroatoms. The number of benzene rings is 1. The number of carbonyl (C=O) groups excluding carboxylic acids is 4. The van der Waals surface area contributed by atoms with Crippen LogP contribution in [0.3, 0.4) is 0 Å². The number of carboxylic acid groups (broad SMARTS) is 1. The molecule has 198 valence electrons. The van der Waals surface area contributed by atoms with Crippen molar-refractivity contribution in [2.75, 3.05) is 5.75 Å². The van der Waals surface area contributed by atoms with E-state index in [-0.39, 0.29) is 17.3 Å². The summed E-state index contributed by atoms with van der Waals surface area (Å²) >= 11 is 0.233. The number of aliphatic hydroxyl groups is 4. The van der Waals surface area contributed by atoms with Gasteiger partial charge < -0.3 is 36.0 Å². The first-order valence-corrected chi connectivity index (χ1v) is 12.2. The molecule has 0 spiro atoms. The lowest BCUT2D eigenvalue weighted by atomic mass is 9.48. The molecule has 0 unspecified atom stereocenters. The van der Waals surface area contributed by atoms with E-state index in [2.05, 4.69) is 5.32 Å². The number of thioether (sulfide) groups is 1. The molecule has 3 aliphatic carbocycles. The fourth-order valence-electron chi connectivity index (χ4n) is 5.80. The molecule has 1 amide bonds. The topological polar surface area (TPSA) is 219 Å². The van der Waals surface area contributed by atoms with Gasteiger partial charge in [-0.05, 0) is 19.1 Å². The summed E-state index contributed by atoms with van der Waals surface area (Å²) in [5.74, 6) is -7.70. The van der Waals surface area contributed by atoms with Crippen molar-refractivity contribution in [2.45, 2.75) is 60.4 Å². The number of amides is 1. The molecule has 4 rings (SSSR count). The molecule has 0 aromatic heterocycles. The van der Waals surface area contributed by atoms with Crippen molar-refractivity contribution in [1.82, 2.24) is 5.32 Å². The number of carboxylic acids is 1. The van der Waals surface area contributed by atoms with E-state index in [1.54, 1.807) is 0 Å². The van der Waals surface area contributed by atoms with Gasteiger partial charge in [0, 0.05) is 31.1 Å². The van der Waals surface area contributed by atoms with Gasteiger partial charge in [-0.2, -0.15) is 0 Å². The number of aliphatic hydroxyl groups excluding tert-OH is 1. The molecule has 12 nitrogen and oxygen atoms in total. The molecule has 1 aromatic carbocycles. The summed E-state index contributed by atoms with van der Waals surface area (Å²) in [6.45, 7) is 2.49. The Balaban J connectivity index is 2.03. The van der Waals surface area contributed by atoms with Crippen molar-refractivity contribution in [3.63, 3.8) is 0 Å². The highest BCUT2D eigenvalue weighted by molar-refractivity contribution is 8.01. The Labute approximate surface area is 214 Å². The van der Waals surface area contributed by atoms with Crippen LogP contribution in [0.15, 0.2) is 29.8 Å². The normalized spacial score (nSPS) is 35.6. The maximum Gasteiger partial charge on any atom is 0.327 e.